The lowest BCUT2D eigenvalue weighted by atomic mass is 9.92. The van der Waals surface area contributed by atoms with Gasteiger partial charge >= 0.3 is 0 Å². The molecule has 2 N–H and O–H groups in total. The largest absolute Gasteiger partial charge is 0.326 e. The van der Waals surface area contributed by atoms with Gasteiger partial charge in [0.1, 0.15) is 0 Å². The Morgan fingerprint density at radius 2 is 1.86 bits per heavy atom. The maximum absolute atomic E-state index is 12.4. The zero-order valence-corrected chi connectivity index (χ0v) is 13.1. The molecule has 0 bridgehead atoms. The molecule has 1 unspecified atom stereocenters. The Morgan fingerprint density at radius 1 is 1.14 bits per heavy atom. The van der Waals surface area contributed by atoms with Gasteiger partial charge in [-0.3, -0.25) is 4.79 Å². The summed E-state index contributed by atoms with van der Waals surface area (Å²) in [5.74, 6) is 0.0617. The number of para-hydroxylation sites is 1. The molecule has 114 valence electrons. The third kappa shape index (κ3) is 3.04. The molecule has 1 aliphatic rings. The van der Waals surface area contributed by atoms with Crippen molar-refractivity contribution < 1.29 is 4.79 Å². The summed E-state index contributed by atoms with van der Waals surface area (Å²) in [6.07, 6.45) is 1.50. The third-order valence-electron chi connectivity index (χ3n) is 4.35. The zero-order valence-electron chi connectivity index (χ0n) is 13.1. The van der Waals surface area contributed by atoms with Crippen LogP contribution in [-0.4, -0.2) is 12.5 Å². The maximum Gasteiger partial charge on any atom is 0.226 e. The third-order valence-corrected chi connectivity index (χ3v) is 4.35. The Bertz CT molecular complexity index is 673. The first-order valence-corrected chi connectivity index (χ1v) is 7.82. The van der Waals surface area contributed by atoms with E-state index in [1.807, 2.05) is 38.1 Å². The molecule has 0 aromatic heterocycles. The van der Waals surface area contributed by atoms with Crippen molar-refractivity contribution in [1.29, 1.82) is 0 Å². The molecule has 0 aliphatic carbocycles. The molecule has 22 heavy (non-hydrogen) atoms. The molecule has 1 atom stereocenters. The van der Waals surface area contributed by atoms with Crippen LogP contribution in [0.4, 0.5) is 5.69 Å². The summed E-state index contributed by atoms with van der Waals surface area (Å²) >= 11 is 0. The molecule has 1 amide bonds. The van der Waals surface area contributed by atoms with Crippen molar-refractivity contribution in [1.82, 2.24) is 5.32 Å². The fourth-order valence-corrected chi connectivity index (χ4v) is 3.16. The van der Waals surface area contributed by atoms with Crippen LogP contribution in [0, 0.1) is 13.8 Å². The molecule has 1 aliphatic heterocycles. The minimum Gasteiger partial charge on any atom is -0.326 e. The number of fused-ring (bicyclic) bond motifs is 1. The van der Waals surface area contributed by atoms with Gasteiger partial charge in [0.25, 0.3) is 0 Å². The van der Waals surface area contributed by atoms with Gasteiger partial charge in [0, 0.05) is 18.2 Å². The second-order valence-electron chi connectivity index (χ2n) is 5.97. The van der Waals surface area contributed by atoms with Crippen LogP contribution in [0.2, 0.25) is 0 Å². The Morgan fingerprint density at radius 3 is 2.64 bits per heavy atom. The fraction of sp³-hybridized carbons (Fsp3) is 0.316. The number of nitrogens with one attached hydrogen (secondary N) is 2. The quantitative estimate of drug-likeness (QED) is 0.909. The van der Waals surface area contributed by atoms with Crippen molar-refractivity contribution in [3.63, 3.8) is 0 Å². The van der Waals surface area contributed by atoms with Crippen molar-refractivity contribution in [3.05, 3.63) is 64.7 Å². The molecule has 3 rings (SSSR count). The number of anilines is 1. The van der Waals surface area contributed by atoms with E-state index in [-0.39, 0.29) is 11.9 Å². The normalized spacial score (nSPS) is 16.9. The molecule has 2 aromatic rings. The minimum atomic E-state index is 0.0617. The van der Waals surface area contributed by atoms with Crippen molar-refractivity contribution >= 4 is 11.6 Å². The van der Waals surface area contributed by atoms with E-state index in [4.69, 9.17) is 0 Å². The zero-order chi connectivity index (χ0) is 15.5. The maximum atomic E-state index is 12.4. The monoisotopic (exact) mass is 294 g/mol. The first-order chi connectivity index (χ1) is 10.6. The molecule has 3 nitrogen and oxygen atoms in total. The summed E-state index contributed by atoms with van der Waals surface area (Å²) in [7, 11) is 0. The highest BCUT2D eigenvalue weighted by molar-refractivity contribution is 5.92. The van der Waals surface area contributed by atoms with Crippen LogP contribution in [-0.2, 0) is 11.2 Å². The molecule has 0 radical (unpaired) electrons. The Balaban J connectivity index is 1.73. The van der Waals surface area contributed by atoms with Crippen molar-refractivity contribution in [2.24, 2.45) is 0 Å². The average Bonchev–Trinajstić information content (AvgIpc) is 2.51. The molecule has 3 heteroatoms. The van der Waals surface area contributed by atoms with Gasteiger partial charge in [-0.05, 0) is 49.1 Å². The summed E-state index contributed by atoms with van der Waals surface area (Å²) < 4.78 is 0. The highest BCUT2D eigenvalue weighted by Crippen LogP contribution is 2.26. The van der Waals surface area contributed by atoms with E-state index < -0.39 is 0 Å². The van der Waals surface area contributed by atoms with Crippen molar-refractivity contribution in [3.8, 4) is 0 Å². The fourth-order valence-electron chi connectivity index (χ4n) is 3.16. The number of carbonyl (C=O) groups excluding carboxylic acids is 1. The Labute approximate surface area is 131 Å². The lowest BCUT2D eigenvalue weighted by molar-refractivity contribution is -0.116. The first kappa shape index (κ1) is 14.8. The SMILES string of the molecule is Cc1cccc(C)c1NC(=O)CC1NCCc2ccccc21. The number of rotatable bonds is 3. The van der Waals surface area contributed by atoms with E-state index in [2.05, 4.69) is 28.8 Å². The molecule has 0 spiro atoms. The average molecular weight is 294 g/mol. The van der Waals surface area contributed by atoms with E-state index >= 15 is 0 Å². The molecular weight excluding hydrogens is 272 g/mol. The number of benzene rings is 2. The van der Waals surface area contributed by atoms with Crippen molar-refractivity contribution in [2.75, 3.05) is 11.9 Å². The first-order valence-electron chi connectivity index (χ1n) is 7.82. The van der Waals surface area contributed by atoms with Gasteiger partial charge in [-0.15, -0.1) is 0 Å². The molecule has 1 heterocycles. The highest BCUT2D eigenvalue weighted by atomic mass is 16.1. The Hall–Kier alpha value is -2.13. The van der Waals surface area contributed by atoms with E-state index in [0.717, 1.165) is 29.8 Å². The summed E-state index contributed by atoms with van der Waals surface area (Å²) in [6, 6.07) is 14.6. The number of amides is 1. The van der Waals surface area contributed by atoms with Gasteiger partial charge in [-0.25, -0.2) is 0 Å². The summed E-state index contributed by atoms with van der Waals surface area (Å²) in [6.45, 7) is 4.98. The van der Waals surface area contributed by atoms with Crippen LogP contribution >= 0.6 is 0 Å². The van der Waals surface area contributed by atoms with Gasteiger partial charge in [0.2, 0.25) is 5.91 Å². The molecule has 0 saturated heterocycles. The predicted octanol–water partition coefficient (Wildman–Crippen LogP) is 3.52. The molecule has 0 fully saturated rings. The number of hydrogen-bond acceptors (Lipinski definition) is 2. The topological polar surface area (TPSA) is 41.1 Å². The van der Waals surface area contributed by atoms with E-state index in [1.54, 1.807) is 0 Å². The second-order valence-corrected chi connectivity index (χ2v) is 5.97. The van der Waals surface area contributed by atoms with Gasteiger partial charge in [-0.1, -0.05) is 42.5 Å². The number of aryl methyl sites for hydroxylation is 2. The van der Waals surface area contributed by atoms with Gasteiger partial charge in [0.15, 0.2) is 0 Å². The smallest absolute Gasteiger partial charge is 0.226 e. The summed E-state index contributed by atoms with van der Waals surface area (Å²) in [5, 5.41) is 6.54. The lowest BCUT2D eigenvalue weighted by Crippen LogP contribution is -2.32. The predicted molar refractivity (Wildman–Crippen MR) is 90.1 cm³/mol. The van der Waals surface area contributed by atoms with Crippen LogP contribution in [0.1, 0.15) is 34.7 Å². The van der Waals surface area contributed by atoms with Crippen LogP contribution in [0.15, 0.2) is 42.5 Å². The van der Waals surface area contributed by atoms with E-state index in [1.165, 1.54) is 11.1 Å². The second kappa shape index (κ2) is 6.32. The van der Waals surface area contributed by atoms with Crippen LogP contribution in [0.5, 0.6) is 0 Å². The summed E-state index contributed by atoms with van der Waals surface area (Å²) in [5.41, 5.74) is 5.75. The van der Waals surface area contributed by atoms with Crippen LogP contribution in [0.25, 0.3) is 0 Å². The standard InChI is InChI=1S/C19H22N2O/c1-13-6-5-7-14(2)19(13)21-18(22)12-17-16-9-4-3-8-15(16)10-11-20-17/h3-9,17,20H,10-12H2,1-2H3,(H,21,22). The number of hydrogen-bond donors (Lipinski definition) is 2. The van der Waals surface area contributed by atoms with Gasteiger partial charge in [-0.2, -0.15) is 0 Å². The van der Waals surface area contributed by atoms with Crippen LogP contribution < -0.4 is 10.6 Å². The minimum absolute atomic E-state index is 0.0617. The van der Waals surface area contributed by atoms with Gasteiger partial charge < -0.3 is 10.6 Å². The van der Waals surface area contributed by atoms with E-state index in [0.29, 0.717) is 6.42 Å². The highest BCUT2D eigenvalue weighted by Gasteiger charge is 2.22. The van der Waals surface area contributed by atoms with E-state index in [9.17, 15) is 4.79 Å². The lowest BCUT2D eigenvalue weighted by Gasteiger charge is -2.26. The molecular formula is C19H22N2O. The Kier molecular flexibility index (Phi) is 4.25. The van der Waals surface area contributed by atoms with Gasteiger partial charge in [0.05, 0.1) is 0 Å². The van der Waals surface area contributed by atoms with Crippen molar-refractivity contribution in [2.45, 2.75) is 32.7 Å². The summed E-state index contributed by atoms with van der Waals surface area (Å²) in [4.78, 5) is 12.4. The number of carbonyl (C=O) groups is 1. The van der Waals surface area contributed by atoms with Crippen LogP contribution in [0.3, 0.4) is 0 Å². The molecule has 2 aromatic carbocycles. The molecule has 0 saturated carbocycles.